The van der Waals surface area contributed by atoms with E-state index in [1.54, 1.807) is 12.1 Å². The zero-order chi connectivity index (χ0) is 21.8. The van der Waals surface area contributed by atoms with Crippen molar-refractivity contribution in [3.63, 3.8) is 0 Å². The summed E-state index contributed by atoms with van der Waals surface area (Å²) in [5.41, 5.74) is 3.29. The molecule has 0 radical (unpaired) electrons. The smallest absolute Gasteiger partial charge is 0.414 e. The van der Waals surface area contributed by atoms with Gasteiger partial charge in [-0.3, -0.25) is 14.6 Å². The van der Waals surface area contributed by atoms with Gasteiger partial charge in [-0.05, 0) is 35.8 Å². The van der Waals surface area contributed by atoms with Crippen LogP contribution in [0.4, 0.5) is 14.9 Å². The fourth-order valence-corrected chi connectivity index (χ4v) is 3.97. The van der Waals surface area contributed by atoms with Crippen LogP contribution in [-0.2, 0) is 16.1 Å². The standard InChI is InChI=1S/C24H26FN3O3/c1-17(29)26-14-21-16-28(24(30)31-21)20-7-8-22(23(25)13-20)19-9-11-27(12-10-19)15-18-5-3-2-4-6-18/h2-9,13,21H,10-12,14-16H2,1H3,(H,26,29)/t21-/m0/s1. The van der Waals surface area contributed by atoms with Gasteiger partial charge in [0.05, 0.1) is 18.8 Å². The van der Waals surface area contributed by atoms with E-state index >= 15 is 0 Å². The number of anilines is 1. The van der Waals surface area contributed by atoms with Crippen molar-refractivity contribution in [2.45, 2.75) is 26.0 Å². The average Bonchev–Trinajstić information content (AvgIpc) is 3.14. The molecule has 7 heteroatoms. The molecule has 1 atom stereocenters. The zero-order valence-corrected chi connectivity index (χ0v) is 17.5. The van der Waals surface area contributed by atoms with Gasteiger partial charge in [0.15, 0.2) is 0 Å². The Labute approximate surface area is 181 Å². The number of nitrogens with zero attached hydrogens (tertiary/aromatic N) is 2. The molecule has 2 aliphatic heterocycles. The van der Waals surface area contributed by atoms with Crippen LogP contribution < -0.4 is 10.2 Å². The largest absolute Gasteiger partial charge is 0.442 e. The Bertz CT molecular complexity index is 993. The van der Waals surface area contributed by atoms with E-state index in [0.29, 0.717) is 11.3 Å². The van der Waals surface area contributed by atoms with Gasteiger partial charge in [-0.25, -0.2) is 9.18 Å². The van der Waals surface area contributed by atoms with E-state index in [4.69, 9.17) is 4.74 Å². The summed E-state index contributed by atoms with van der Waals surface area (Å²) in [6.07, 6.45) is 1.87. The predicted molar refractivity (Wildman–Crippen MR) is 117 cm³/mol. The molecule has 2 amide bonds. The molecular weight excluding hydrogens is 397 g/mol. The first-order chi connectivity index (χ1) is 15.0. The second kappa shape index (κ2) is 9.31. The lowest BCUT2D eigenvalue weighted by atomic mass is 9.98. The maximum absolute atomic E-state index is 14.9. The molecule has 2 aromatic rings. The highest BCUT2D eigenvalue weighted by Crippen LogP contribution is 2.30. The van der Waals surface area contributed by atoms with Gasteiger partial charge in [0.1, 0.15) is 11.9 Å². The van der Waals surface area contributed by atoms with Crippen LogP contribution in [0.15, 0.2) is 54.6 Å². The molecule has 162 valence electrons. The first-order valence-corrected chi connectivity index (χ1v) is 10.5. The molecule has 2 heterocycles. The van der Waals surface area contributed by atoms with E-state index in [1.165, 1.54) is 23.5 Å². The number of cyclic esters (lactones) is 1. The van der Waals surface area contributed by atoms with Gasteiger partial charge in [-0.2, -0.15) is 0 Å². The normalized spacial score (nSPS) is 19.2. The number of carbonyl (C=O) groups excluding carboxylic acids is 2. The summed E-state index contributed by atoms with van der Waals surface area (Å²) in [6.45, 7) is 4.44. The van der Waals surface area contributed by atoms with Crippen molar-refractivity contribution in [2.24, 2.45) is 0 Å². The number of benzene rings is 2. The van der Waals surface area contributed by atoms with E-state index in [0.717, 1.165) is 31.6 Å². The number of carbonyl (C=O) groups is 2. The second-order valence-electron chi connectivity index (χ2n) is 7.92. The lowest BCUT2D eigenvalue weighted by Gasteiger charge is -2.27. The Morgan fingerprint density at radius 3 is 2.71 bits per heavy atom. The van der Waals surface area contributed by atoms with Gasteiger partial charge < -0.3 is 10.1 Å². The van der Waals surface area contributed by atoms with E-state index in [2.05, 4.69) is 28.4 Å². The first-order valence-electron chi connectivity index (χ1n) is 10.5. The van der Waals surface area contributed by atoms with Crippen LogP contribution in [0, 0.1) is 5.82 Å². The lowest BCUT2D eigenvalue weighted by molar-refractivity contribution is -0.119. The lowest BCUT2D eigenvalue weighted by Crippen LogP contribution is -2.33. The first kappa shape index (κ1) is 21.1. The highest BCUT2D eigenvalue weighted by Gasteiger charge is 2.32. The summed E-state index contributed by atoms with van der Waals surface area (Å²) in [5.74, 6) is -0.536. The minimum Gasteiger partial charge on any atom is -0.442 e. The minimum atomic E-state index is -0.532. The summed E-state index contributed by atoms with van der Waals surface area (Å²) < 4.78 is 20.2. The van der Waals surface area contributed by atoms with Crippen LogP contribution in [-0.4, -0.2) is 49.2 Å². The average molecular weight is 423 g/mol. The van der Waals surface area contributed by atoms with Gasteiger partial charge in [0.2, 0.25) is 5.91 Å². The molecule has 2 aromatic carbocycles. The molecule has 31 heavy (non-hydrogen) atoms. The summed E-state index contributed by atoms with van der Waals surface area (Å²) in [5, 5.41) is 2.63. The fraction of sp³-hybridized carbons (Fsp3) is 0.333. The van der Waals surface area contributed by atoms with Crippen molar-refractivity contribution in [2.75, 3.05) is 31.1 Å². The van der Waals surface area contributed by atoms with Gasteiger partial charge in [-0.1, -0.05) is 36.4 Å². The van der Waals surface area contributed by atoms with Crippen molar-refractivity contribution in [1.29, 1.82) is 0 Å². The van der Waals surface area contributed by atoms with Crippen molar-refractivity contribution in [1.82, 2.24) is 10.2 Å². The van der Waals surface area contributed by atoms with Gasteiger partial charge in [0, 0.05) is 32.1 Å². The van der Waals surface area contributed by atoms with E-state index in [1.807, 2.05) is 18.2 Å². The number of halogens is 1. The number of hydrogen-bond donors (Lipinski definition) is 1. The zero-order valence-electron chi connectivity index (χ0n) is 17.5. The summed E-state index contributed by atoms with van der Waals surface area (Å²) in [6, 6.07) is 15.2. The molecule has 6 nitrogen and oxygen atoms in total. The predicted octanol–water partition coefficient (Wildman–Crippen LogP) is 3.58. The monoisotopic (exact) mass is 423 g/mol. The molecular formula is C24H26FN3O3. The third kappa shape index (κ3) is 5.11. The SMILES string of the molecule is CC(=O)NC[C@H]1CN(c2ccc(C3=CCN(Cc4ccccc4)CC3)c(F)c2)C(=O)O1. The third-order valence-corrected chi connectivity index (χ3v) is 5.61. The molecule has 0 saturated carbocycles. The Balaban J connectivity index is 1.40. The van der Waals surface area contributed by atoms with E-state index < -0.39 is 12.2 Å². The van der Waals surface area contributed by atoms with E-state index in [-0.39, 0.29) is 24.8 Å². The number of nitrogens with one attached hydrogen (secondary N) is 1. The van der Waals surface area contributed by atoms with Crippen LogP contribution in [0.3, 0.4) is 0 Å². The number of rotatable bonds is 6. The molecule has 4 rings (SSSR count). The Morgan fingerprint density at radius 2 is 2.03 bits per heavy atom. The maximum Gasteiger partial charge on any atom is 0.414 e. The molecule has 2 aliphatic rings. The fourth-order valence-electron chi connectivity index (χ4n) is 3.97. The minimum absolute atomic E-state index is 0.187. The molecule has 0 aromatic heterocycles. The number of ether oxygens (including phenoxy) is 1. The molecule has 0 spiro atoms. The third-order valence-electron chi connectivity index (χ3n) is 5.61. The Hall–Kier alpha value is -3.19. The highest BCUT2D eigenvalue weighted by molar-refractivity contribution is 5.90. The number of hydrogen-bond acceptors (Lipinski definition) is 4. The van der Waals surface area contributed by atoms with Crippen LogP contribution >= 0.6 is 0 Å². The van der Waals surface area contributed by atoms with Crippen molar-refractivity contribution in [3.05, 3.63) is 71.6 Å². The van der Waals surface area contributed by atoms with Crippen LogP contribution in [0.2, 0.25) is 0 Å². The van der Waals surface area contributed by atoms with Gasteiger partial charge >= 0.3 is 6.09 Å². The Morgan fingerprint density at radius 1 is 1.23 bits per heavy atom. The molecule has 1 saturated heterocycles. The van der Waals surface area contributed by atoms with Crippen LogP contribution in [0.5, 0.6) is 0 Å². The van der Waals surface area contributed by atoms with Crippen molar-refractivity contribution < 1.29 is 18.7 Å². The topological polar surface area (TPSA) is 61.9 Å². The molecule has 0 bridgehead atoms. The van der Waals surface area contributed by atoms with Crippen molar-refractivity contribution >= 4 is 23.3 Å². The molecule has 1 N–H and O–H groups in total. The van der Waals surface area contributed by atoms with Crippen LogP contribution in [0.25, 0.3) is 5.57 Å². The highest BCUT2D eigenvalue weighted by atomic mass is 19.1. The molecule has 0 aliphatic carbocycles. The summed E-state index contributed by atoms with van der Waals surface area (Å²) >= 11 is 0. The van der Waals surface area contributed by atoms with Gasteiger partial charge in [-0.15, -0.1) is 0 Å². The maximum atomic E-state index is 14.9. The van der Waals surface area contributed by atoms with Crippen LogP contribution in [0.1, 0.15) is 24.5 Å². The molecule has 1 fully saturated rings. The number of amides is 2. The second-order valence-corrected chi connectivity index (χ2v) is 7.92. The summed E-state index contributed by atoms with van der Waals surface area (Å²) in [4.78, 5) is 27.0. The quantitative estimate of drug-likeness (QED) is 0.772. The summed E-state index contributed by atoms with van der Waals surface area (Å²) in [7, 11) is 0. The molecule has 0 unspecified atom stereocenters. The van der Waals surface area contributed by atoms with Crippen molar-refractivity contribution in [3.8, 4) is 0 Å². The van der Waals surface area contributed by atoms with Gasteiger partial charge in [0.25, 0.3) is 0 Å². The Kier molecular flexibility index (Phi) is 6.32. The van der Waals surface area contributed by atoms with E-state index in [9.17, 15) is 14.0 Å².